The summed E-state index contributed by atoms with van der Waals surface area (Å²) in [4.78, 5) is 3.06. The number of nitrogens with one attached hydrogen (secondary N) is 3. The lowest BCUT2D eigenvalue weighted by molar-refractivity contribution is 0.175. The average Bonchev–Trinajstić information content (AvgIpc) is 3.14. The van der Waals surface area contributed by atoms with Crippen molar-refractivity contribution in [1.82, 2.24) is 10.3 Å². The van der Waals surface area contributed by atoms with Crippen molar-refractivity contribution >= 4 is 36.7 Å². The molecule has 0 radical (unpaired) electrons. The summed E-state index contributed by atoms with van der Waals surface area (Å²) in [7, 11) is -7.01. The molecule has 3 rings (SSSR count). The number of aromatic amines is 1. The van der Waals surface area contributed by atoms with E-state index in [0.29, 0.717) is 29.7 Å². The molecule has 0 fully saturated rings. The van der Waals surface area contributed by atoms with E-state index in [9.17, 15) is 21.9 Å². The fourth-order valence-corrected chi connectivity index (χ4v) is 4.36. The summed E-state index contributed by atoms with van der Waals surface area (Å²) in [5.74, 6) is 0.218. The fourth-order valence-electron chi connectivity index (χ4n) is 3.26. The summed E-state index contributed by atoms with van der Waals surface area (Å²) in [5, 5.41) is 14.5. The molecule has 9 nitrogen and oxygen atoms in total. The van der Waals surface area contributed by atoms with Gasteiger partial charge in [-0.1, -0.05) is 24.3 Å². The molecular weight excluding hydrogens is 454 g/mol. The third kappa shape index (κ3) is 6.45. The number of aromatic nitrogens is 1. The van der Waals surface area contributed by atoms with E-state index in [1.54, 1.807) is 49.5 Å². The molecule has 3 aromatic rings. The average molecular weight is 482 g/mol. The van der Waals surface area contributed by atoms with Crippen LogP contribution in [0.5, 0.6) is 5.75 Å². The molecule has 0 amide bonds. The molecule has 11 heteroatoms. The lowest BCUT2D eigenvalue weighted by Crippen LogP contribution is -2.24. The molecule has 1 heterocycles. The topological polar surface area (TPSA) is 138 Å². The van der Waals surface area contributed by atoms with Crippen molar-refractivity contribution in [3.8, 4) is 5.75 Å². The Balaban J connectivity index is 1.58. The summed E-state index contributed by atoms with van der Waals surface area (Å²) in [6, 6.07) is 11.9. The summed E-state index contributed by atoms with van der Waals surface area (Å²) < 4.78 is 53.9. The van der Waals surface area contributed by atoms with Crippen molar-refractivity contribution in [3.05, 3.63) is 59.8 Å². The van der Waals surface area contributed by atoms with Crippen LogP contribution in [0.1, 0.15) is 24.2 Å². The van der Waals surface area contributed by atoms with Crippen molar-refractivity contribution in [2.24, 2.45) is 0 Å². The zero-order valence-electron chi connectivity index (χ0n) is 17.8. The van der Waals surface area contributed by atoms with Gasteiger partial charge in [-0.05, 0) is 49.2 Å². The van der Waals surface area contributed by atoms with E-state index >= 15 is 0 Å². The van der Waals surface area contributed by atoms with Gasteiger partial charge in [-0.15, -0.1) is 0 Å². The van der Waals surface area contributed by atoms with Gasteiger partial charge in [0.15, 0.2) is 5.75 Å². The van der Waals surface area contributed by atoms with Gasteiger partial charge in [0, 0.05) is 23.8 Å². The van der Waals surface area contributed by atoms with Gasteiger partial charge in [0.1, 0.15) is 0 Å². The van der Waals surface area contributed by atoms with Gasteiger partial charge >= 0.3 is 10.1 Å². The van der Waals surface area contributed by atoms with Crippen LogP contribution in [0.3, 0.4) is 0 Å². The molecule has 0 aliphatic heterocycles. The Labute approximate surface area is 188 Å². The number of sulfonamides is 1. The molecule has 0 spiro atoms. The van der Waals surface area contributed by atoms with E-state index in [1.807, 2.05) is 6.07 Å². The van der Waals surface area contributed by atoms with Gasteiger partial charge in [-0.3, -0.25) is 4.72 Å². The molecule has 2 aromatic carbocycles. The van der Waals surface area contributed by atoms with Crippen LogP contribution in [-0.4, -0.2) is 52.0 Å². The lowest BCUT2D eigenvalue weighted by Gasteiger charge is -2.14. The highest BCUT2D eigenvalue weighted by molar-refractivity contribution is 7.92. The van der Waals surface area contributed by atoms with Gasteiger partial charge in [0.2, 0.25) is 10.0 Å². The Hall–Kier alpha value is -2.60. The van der Waals surface area contributed by atoms with Gasteiger partial charge < -0.3 is 19.6 Å². The number of hydrogen-bond donors (Lipinski definition) is 4. The van der Waals surface area contributed by atoms with Crippen molar-refractivity contribution < 1.29 is 26.1 Å². The molecule has 0 saturated heterocycles. The smallest absolute Gasteiger partial charge is 0.306 e. The van der Waals surface area contributed by atoms with Gasteiger partial charge in [0.05, 0.1) is 23.6 Å². The zero-order chi connectivity index (χ0) is 23.4. The minimum absolute atomic E-state index is 0.0307. The predicted octanol–water partition coefficient (Wildman–Crippen LogP) is 2.13. The highest BCUT2D eigenvalue weighted by Crippen LogP contribution is 2.28. The third-order valence-electron chi connectivity index (χ3n) is 4.84. The van der Waals surface area contributed by atoms with Crippen molar-refractivity contribution in [3.63, 3.8) is 0 Å². The lowest BCUT2D eigenvalue weighted by atomic mass is 10.1. The van der Waals surface area contributed by atoms with E-state index < -0.39 is 26.2 Å². The minimum atomic E-state index is -3.63. The first kappa shape index (κ1) is 24.1. The second kappa shape index (κ2) is 9.90. The second-order valence-electron chi connectivity index (χ2n) is 7.38. The standard InChI is InChI=1S/C21H27N3O6S2/c1-3-32(28,29)24-17-7-4-6-15(12-17)19(25)14-22-11-10-16-13-23-21-18(16)8-5-9-20(21)30-31(2,26)27/h4-9,12-13,19,22-25H,3,10-11,14H2,1-2H3/t19-/m0/s1. The number of para-hydroxylation sites is 1. The van der Waals surface area contributed by atoms with Crippen LogP contribution in [-0.2, 0) is 26.6 Å². The van der Waals surface area contributed by atoms with E-state index in [4.69, 9.17) is 4.18 Å². The number of aliphatic hydroxyl groups is 1. The summed E-state index contributed by atoms with van der Waals surface area (Å²) in [6.07, 6.45) is 2.64. The van der Waals surface area contributed by atoms with Gasteiger partial charge in [-0.2, -0.15) is 8.42 Å². The van der Waals surface area contributed by atoms with Crippen molar-refractivity contribution in [1.29, 1.82) is 0 Å². The molecule has 174 valence electrons. The van der Waals surface area contributed by atoms with Crippen LogP contribution in [0.4, 0.5) is 5.69 Å². The molecule has 1 atom stereocenters. The monoisotopic (exact) mass is 481 g/mol. The van der Waals surface area contributed by atoms with Crippen LogP contribution < -0.4 is 14.2 Å². The molecule has 0 saturated carbocycles. The van der Waals surface area contributed by atoms with Crippen LogP contribution >= 0.6 is 0 Å². The highest BCUT2D eigenvalue weighted by Gasteiger charge is 2.13. The molecule has 4 N–H and O–H groups in total. The Kier molecular flexibility index (Phi) is 7.44. The summed E-state index contributed by atoms with van der Waals surface area (Å²) in [6.45, 7) is 2.41. The second-order valence-corrected chi connectivity index (χ2v) is 11.0. The van der Waals surface area contributed by atoms with E-state index in [1.165, 1.54) is 0 Å². The Bertz CT molecular complexity index is 1290. The van der Waals surface area contributed by atoms with Crippen LogP contribution in [0.2, 0.25) is 0 Å². The summed E-state index contributed by atoms with van der Waals surface area (Å²) >= 11 is 0. The first-order valence-corrected chi connectivity index (χ1v) is 13.5. The number of H-pyrrole nitrogens is 1. The van der Waals surface area contributed by atoms with E-state index in [0.717, 1.165) is 17.2 Å². The minimum Gasteiger partial charge on any atom is -0.387 e. The number of rotatable bonds is 11. The van der Waals surface area contributed by atoms with Gasteiger partial charge in [0.25, 0.3) is 0 Å². The van der Waals surface area contributed by atoms with Crippen LogP contribution in [0.25, 0.3) is 10.9 Å². The molecule has 1 aromatic heterocycles. The molecule has 0 aliphatic carbocycles. The number of fused-ring (bicyclic) bond motifs is 1. The zero-order valence-corrected chi connectivity index (χ0v) is 19.5. The maximum Gasteiger partial charge on any atom is 0.306 e. The van der Waals surface area contributed by atoms with Gasteiger partial charge in [-0.25, -0.2) is 8.42 Å². The van der Waals surface area contributed by atoms with Crippen molar-refractivity contribution in [2.45, 2.75) is 19.4 Å². The SMILES string of the molecule is CCS(=O)(=O)Nc1cccc([C@@H](O)CNCCc2c[nH]c3c(OS(C)(=O)=O)cccc23)c1. The van der Waals surface area contributed by atoms with Crippen molar-refractivity contribution in [2.75, 3.05) is 29.8 Å². The quantitative estimate of drug-likeness (QED) is 0.243. The first-order valence-electron chi connectivity index (χ1n) is 10.1. The Morgan fingerprint density at radius 1 is 1.12 bits per heavy atom. The number of benzene rings is 2. The molecule has 0 unspecified atom stereocenters. The number of aliphatic hydroxyl groups excluding tert-OH is 1. The molecular formula is C21H27N3O6S2. The summed E-state index contributed by atoms with van der Waals surface area (Å²) in [5.41, 5.74) is 2.61. The molecule has 0 bridgehead atoms. The number of anilines is 1. The Morgan fingerprint density at radius 2 is 1.88 bits per heavy atom. The number of hydrogen-bond acceptors (Lipinski definition) is 7. The van der Waals surface area contributed by atoms with Crippen LogP contribution in [0.15, 0.2) is 48.7 Å². The van der Waals surface area contributed by atoms with Crippen LogP contribution in [0, 0.1) is 0 Å². The predicted molar refractivity (Wildman–Crippen MR) is 125 cm³/mol. The maximum atomic E-state index is 11.7. The van der Waals surface area contributed by atoms with E-state index in [-0.39, 0.29) is 18.0 Å². The fraction of sp³-hybridized carbons (Fsp3) is 0.333. The Morgan fingerprint density at radius 3 is 2.59 bits per heavy atom. The largest absolute Gasteiger partial charge is 0.387 e. The van der Waals surface area contributed by atoms with E-state index in [2.05, 4.69) is 15.0 Å². The first-order chi connectivity index (χ1) is 15.1. The molecule has 32 heavy (non-hydrogen) atoms. The molecule has 0 aliphatic rings. The highest BCUT2D eigenvalue weighted by atomic mass is 32.2. The third-order valence-corrected chi connectivity index (χ3v) is 6.63. The maximum absolute atomic E-state index is 11.7. The normalized spacial score (nSPS) is 13.2.